The second-order valence-corrected chi connectivity index (χ2v) is 6.59. The van der Waals surface area contributed by atoms with Gasteiger partial charge in [0.1, 0.15) is 17.4 Å². The molecule has 5 nitrogen and oxygen atoms in total. The average Bonchev–Trinajstić information content (AvgIpc) is 2.37. The van der Waals surface area contributed by atoms with Gasteiger partial charge in [-0.15, -0.1) is 0 Å². The van der Waals surface area contributed by atoms with Crippen molar-refractivity contribution in [2.45, 2.75) is 46.1 Å². The smallest absolute Gasteiger partial charge is 0.342 e. The SMILES string of the molecule is CC1CC(OC(=O)c2ccccc2O)CC(C)(C)C1.N#CN. The predicted octanol–water partition coefficient (Wildman–Crippen LogP) is 3.19. The summed E-state index contributed by atoms with van der Waals surface area (Å²) in [4.78, 5) is 12.1. The second kappa shape index (κ2) is 7.69. The van der Waals surface area contributed by atoms with Gasteiger partial charge in [-0.2, -0.15) is 5.26 Å². The molecule has 5 heteroatoms. The lowest BCUT2D eigenvalue weighted by Gasteiger charge is -2.38. The van der Waals surface area contributed by atoms with Crippen molar-refractivity contribution in [1.82, 2.24) is 0 Å². The van der Waals surface area contributed by atoms with Crippen molar-refractivity contribution in [1.29, 1.82) is 5.26 Å². The Morgan fingerprint density at radius 1 is 1.41 bits per heavy atom. The maximum Gasteiger partial charge on any atom is 0.342 e. The third kappa shape index (κ3) is 5.28. The van der Waals surface area contributed by atoms with E-state index in [1.165, 1.54) is 12.3 Å². The number of carbonyl (C=O) groups is 1. The van der Waals surface area contributed by atoms with Crippen LogP contribution in [0.15, 0.2) is 24.3 Å². The summed E-state index contributed by atoms with van der Waals surface area (Å²) in [5.41, 5.74) is 4.61. The van der Waals surface area contributed by atoms with Gasteiger partial charge in [0.25, 0.3) is 0 Å². The number of esters is 1. The van der Waals surface area contributed by atoms with Gasteiger partial charge < -0.3 is 15.6 Å². The molecule has 22 heavy (non-hydrogen) atoms. The molecule has 1 saturated carbocycles. The molecule has 0 spiro atoms. The monoisotopic (exact) mass is 304 g/mol. The van der Waals surface area contributed by atoms with Crippen molar-refractivity contribution in [3.8, 4) is 11.9 Å². The van der Waals surface area contributed by atoms with Gasteiger partial charge in [-0.05, 0) is 42.7 Å². The van der Waals surface area contributed by atoms with E-state index in [2.05, 4.69) is 26.5 Å². The minimum absolute atomic E-state index is 0.0179. The number of ether oxygens (including phenoxy) is 1. The maximum atomic E-state index is 12.1. The first-order valence-corrected chi connectivity index (χ1v) is 7.37. The van der Waals surface area contributed by atoms with Crippen LogP contribution < -0.4 is 5.73 Å². The Balaban J connectivity index is 0.000000745. The van der Waals surface area contributed by atoms with Crippen LogP contribution in [-0.2, 0) is 4.74 Å². The molecule has 1 aliphatic rings. The molecule has 2 rings (SSSR count). The van der Waals surface area contributed by atoms with Crippen LogP contribution in [0.5, 0.6) is 5.75 Å². The average molecular weight is 304 g/mol. The molecule has 0 bridgehead atoms. The van der Waals surface area contributed by atoms with Gasteiger partial charge in [0.2, 0.25) is 0 Å². The lowest BCUT2D eigenvalue weighted by Crippen LogP contribution is -2.34. The van der Waals surface area contributed by atoms with E-state index < -0.39 is 5.97 Å². The molecule has 1 aliphatic carbocycles. The summed E-state index contributed by atoms with van der Waals surface area (Å²) < 4.78 is 5.57. The topological polar surface area (TPSA) is 96.3 Å². The highest BCUT2D eigenvalue weighted by Gasteiger charge is 2.34. The summed E-state index contributed by atoms with van der Waals surface area (Å²) in [7, 11) is 0. The number of nitrogens with zero attached hydrogens (tertiary/aromatic N) is 1. The molecular formula is C17H24N2O3. The summed E-state index contributed by atoms with van der Waals surface area (Å²) in [6.07, 6.45) is 4.16. The fourth-order valence-electron chi connectivity index (χ4n) is 3.21. The summed E-state index contributed by atoms with van der Waals surface area (Å²) in [5.74, 6) is 0.120. The van der Waals surface area contributed by atoms with Crippen molar-refractivity contribution >= 4 is 5.97 Å². The molecule has 0 amide bonds. The summed E-state index contributed by atoms with van der Waals surface area (Å²) in [6.45, 7) is 6.62. The Kier molecular flexibility index (Phi) is 6.24. The molecule has 0 radical (unpaired) electrons. The molecular weight excluding hydrogens is 280 g/mol. The number of para-hydroxylation sites is 1. The number of aromatic hydroxyl groups is 1. The maximum absolute atomic E-state index is 12.1. The molecule has 2 unspecified atom stereocenters. The first kappa shape index (κ1) is 17.8. The van der Waals surface area contributed by atoms with Crippen LogP contribution in [0.1, 0.15) is 50.4 Å². The lowest BCUT2D eigenvalue weighted by molar-refractivity contribution is -0.00734. The Morgan fingerprint density at radius 3 is 2.55 bits per heavy atom. The summed E-state index contributed by atoms with van der Waals surface area (Å²) in [6, 6.07) is 6.51. The van der Waals surface area contributed by atoms with E-state index in [9.17, 15) is 9.90 Å². The largest absolute Gasteiger partial charge is 0.507 e. The first-order valence-electron chi connectivity index (χ1n) is 7.37. The zero-order chi connectivity index (χ0) is 16.8. The fourth-order valence-corrected chi connectivity index (χ4v) is 3.21. The number of phenols is 1. The van der Waals surface area contributed by atoms with Crippen LogP contribution in [0.4, 0.5) is 0 Å². The van der Waals surface area contributed by atoms with Gasteiger partial charge in [0, 0.05) is 0 Å². The summed E-state index contributed by atoms with van der Waals surface area (Å²) >= 11 is 0. The minimum atomic E-state index is -0.423. The van der Waals surface area contributed by atoms with Crippen LogP contribution in [0.3, 0.4) is 0 Å². The van der Waals surface area contributed by atoms with Crippen LogP contribution in [0, 0.1) is 22.8 Å². The van der Waals surface area contributed by atoms with Crippen molar-refractivity contribution in [3.63, 3.8) is 0 Å². The summed E-state index contributed by atoms with van der Waals surface area (Å²) in [5, 5.41) is 16.8. The van der Waals surface area contributed by atoms with Crippen molar-refractivity contribution < 1.29 is 14.6 Å². The number of hydrogen-bond acceptors (Lipinski definition) is 5. The third-order valence-electron chi connectivity index (χ3n) is 3.74. The number of hydrogen-bond donors (Lipinski definition) is 2. The lowest BCUT2D eigenvalue weighted by atomic mass is 9.71. The Bertz CT molecular complexity index is 549. The van der Waals surface area contributed by atoms with E-state index in [0.717, 1.165) is 19.3 Å². The van der Waals surface area contributed by atoms with E-state index in [1.807, 2.05) is 0 Å². The third-order valence-corrected chi connectivity index (χ3v) is 3.74. The van der Waals surface area contributed by atoms with Gasteiger partial charge in [0.05, 0.1) is 0 Å². The standard InChI is InChI=1S/C16H22O3.CH2N2/c1-11-8-12(10-16(2,3)9-11)19-15(18)13-6-4-5-7-14(13)17;2-1-3/h4-7,11-12,17H,8-10H2,1-3H3;2H2. The van der Waals surface area contributed by atoms with Crippen LogP contribution in [0.2, 0.25) is 0 Å². The first-order chi connectivity index (χ1) is 10.3. The van der Waals surface area contributed by atoms with Gasteiger partial charge in [-0.3, -0.25) is 0 Å². The second-order valence-electron chi connectivity index (χ2n) is 6.59. The van der Waals surface area contributed by atoms with Crippen molar-refractivity contribution in [3.05, 3.63) is 29.8 Å². The van der Waals surface area contributed by atoms with Crippen LogP contribution in [-0.4, -0.2) is 17.2 Å². The molecule has 120 valence electrons. The number of rotatable bonds is 2. The molecule has 1 aromatic rings. The molecule has 2 atom stereocenters. The van der Waals surface area contributed by atoms with Crippen molar-refractivity contribution in [2.75, 3.05) is 0 Å². The van der Waals surface area contributed by atoms with Gasteiger partial charge in [-0.25, -0.2) is 4.79 Å². The van der Waals surface area contributed by atoms with E-state index in [1.54, 1.807) is 18.2 Å². The highest BCUT2D eigenvalue weighted by atomic mass is 16.5. The molecule has 0 saturated heterocycles. The number of phenolic OH excluding ortho intramolecular Hbond substituents is 1. The van der Waals surface area contributed by atoms with Gasteiger partial charge >= 0.3 is 5.97 Å². The van der Waals surface area contributed by atoms with Crippen LogP contribution >= 0.6 is 0 Å². The Labute approximate surface area is 131 Å². The highest BCUT2D eigenvalue weighted by molar-refractivity contribution is 5.92. The molecule has 0 aliphatic heterocycles. The molecule has 3 N–H and O–H groups in total. The van der Waals surface area contributed by atoms with Gasteiger partial charge in [0.15, 0.2) is 6.19 Å². The zero-order valence-corrected chi connectivity index (χ0v) is 13.4. The Morgan fingerprint density at radius 2 is 2.00 bits per heavy atom. The van der Waals surface area contributed by atoms with E-state index >= 15 is 0 Å². The molecule has 0 aromatic heterocycles. The normalized spacial score (nSPS) is 22.6. The van der Waals surface area contributed by atoms with Crippen molar-refractivity contribution in [2.24, 2.45) is 17.1 Å². The highest BCUT2D eigenvalue weighted by Crippen LogP contribution is 2.40. The molecule has 0 heterocycles. The van der Waals surface area contributed by atoms with E-state index in [-0.39, 0.29) is 22.8 Å². The van der Waals surface area contributed by atoms with E-state index in [0.29, 0.717) is 5.92 Å². The number of nitrogens with two attached hydrogens (primary N) is 1. The van der Waals surface area contributed by atoms with Gasteiger partial charge in [-0.1, -0.05) is 32.9 Å². The minimum Gasteiger partial charge on any atom is -0.507 e. The van der Waals surface area contributed by atoms with E-state index in [4.69, 9.17) is 10.00 Å². The quantitative estimate of drug-likeness (QED) is 0.497. The van der Waals surface area contributed by atoms with Crippen LogP contribution in [0.25, 0.3) is 0 Å². The number of benzene rings is 1. The zero-order valence-electron chi connectivity index (χ0n) is 13.4. The fraction of sp³-hybridized carbons (Fsp3) is 0.529. The Hall–Kier alpha value is -2.22. The predicted molar refractivity (Wildman–Crippen MR) is 83.9 cm³/mol. The number of carbonyl (C=O) groups excluding carboxylic acids is 1. The molecule has 1 aromatic carbocycles. The molecule has 1 fully saturated rings. The number of nitriles is 1.